The average molecular weight is 202 g/mol. The van der Waals surface area contributed by atoms with E-state index in [2.05, 4.69) is 13.8 Å². The molecule has 0 rings (SSSR count). The maximum Gasteiger partial charge on any atom is 0.334 e. The largest absolute Gasteiger partial charge is 0.463 e. The van der Waals surface area contributed by atoms with E-state index in [1.807, 2.05) is 0 Å². The third kappa shape index (κ3) is 5.97. The molecule has 0 unspecified atom stereocenters. The average Bonchev–Trinajstić information content (AvgIpc) is 2.17. The van der Waals surface area contributed by atoms with Crippen molar-refractivity contribution in [3.05, 3.63) is 0 Å². The van der Waals surface area contributed by atoms with Gasteiger partial charge < -0.3 is 9.84 Å². The number of aliphatic hydroxyl groups is 1. The van der Waals surface area contributed by atoms with E-state index in [9.17, 15) is 4.79 Å². The molecule has 0 spiro atoms. The lowest BCUT2D eigenvalue weighted by molar-refractivity contribution is -0.154. The standard InChI is InChI=1S/C11H22O3/c1-4-6-7-10(5-2)8-14-11(13)9(3)12/h9-10,12H,4-8H2,1-3H3/t9-,10+/m0/s1. The minimum atomic E-state index is -1.00. The van der Waals surface area contributed by atoms with E-state index < -0.39 is 12.1 Å². The van der Waals surface area contributed by atoms with Crippen LogP contribution in [-0.2, 0) is 9.53 Å². The quantitative estimate of drug-likeness (QED) is 0.643. The van der Waals surface area contributed by atoms with Crippen molar-refractivity contribution < 1.29 is 14.6 Å². The van der Waals surface area contributed by atoms with E-state index in [0.29, 0.717) is 12.5 Å². The number of carbonyl (C=O) groups excluding carboxylic acids is 1. The molecule has 0 amide bonds. The summed E-state index contributed by atoms with van der Waals surface area (Å²) in [6, 6.07) is 0. The van der Waals surface area contributed by atoms with E-state index in [1.165, 1.54) is 19.8 Å². The number of hydrogen-bond acceptors (Lipinski definition) is 3. The van der Waals surface area contributed by atoms with Crippen LogP contribution in [0.25, 0.3) is 0 Å². The number of hydrogen-bond donors (Lipinski definition) is 1. The van der Waals surface area contributed by atoms with E-state index in [-0.39, 0.29) is 0 Å². The van der Waals surface area contributed by atoms with Gasteiger partial charge in [-0.2, -0.15) is 0 Å². The Kier molecular flexibility index (Phi) is 7.48. The zero-order chi connectivity index (χ0) is 11.0. The maximum absolute atomic E-state index is 11.0. The van der Waals surface area contributed by atoms with Crippen molar-refractivity contribution in [3.63, 3.8) is 0 Å². The Morgan fingerprint density at radius 3 is 2.50 bits per heavy atom. The molecule has 0 aromatic heterocycles. The molecule has 0 aliphatic heterocycles. The van der Waals surface area contributed by atoms with Gasteiger partial charge in [0.15, 0.2) is 0 Å². The molecule has 0 aromatic rings. The maximum atomic E-state index is 11.0. The van der Waals surface area contributed by atoms with Gasteiger partial charge in [0.2, 0.25) is 0 Å². The van der Waals surface area contributed by atoms with Gasteiger partial charge in [0.25, 0.3) is 0 Å². The molecule has 0 heterocycles. The Morgan fingerprint density at radius 1 is 1.43 bits per heavy atom. The summed E-state index contributed by atoms with van der Waals surface area (Å²) < 4.78 is 4.96. The van der Waals surface area contributed by atoms with Gasteiger partial charge >= 0.3 is 5.97 Å². The van der Waals surface area contributed by atoms with Crippen molar-refractivity contribution in [1.82, 2.24) is 0 Å². The molecule has 0 bridgehead atoms. The van der Waals surface area contributed by atoms with E-state index in [4.69, 9.17) is 9.84 Å². The second-order valence-corrected chi connectivity index (χ2v) is 3.72. The van der Waals surface area contributed by atoms with Crippen LogP contribution >= 0.6 is 0 Å². The molecule has 0 aromatic carbocycles. The molecule has 84 valence electrons. The van der Waals surface area contributed by atoms with Gasteiger partial charge in [0.1, 0.15) is 6.10 Å². The number of ether oxygens (including phenoxy) is 1. The van der Waals surface area contributed by atoms with Crippen molar-refractivity contribution in [3.8, 4) is 0 Å². The molecule has 1 N–H and O–H groups in total. The van der Waals surface area contributed by atoms with Crippen molar-refractivity contribution in [2.24, 2.45) is 5.92 Å². The minimum Gasteiger partial charge on any atom is -0.463 e. The van der Waals surface area contributed by atoms with Crippen molar-refractivity contribution in [1.29, 1.82) is 0 Å². The fraction of sp³-hybridized carbons (Fsp3) is 0.909. The van der Waals surface area contributed by atoms with Crippen molar-refractivity contribution >= 4 is 5.97 Å². The lowest BCUT2D eigenvalue weighted by Crippen LogP contribution is -2.22. The highest BCUT2D eigenvalue weighted by Gasteiger charge is 2.13. The van der Waals surface area contributed by atoms with Gasteiger partial charge in [-0.05, 0) is 19.3 Å². The third-order valence-electron chi connectivity index (χ3n) is 2.35. The Morgan fingerprint density at radius 2 is 2.07 bits per heavy atom. The van der Waals surface area contributed by atoms with Crippen LogP contribution in [-0.4, -0.2) is 23.8 Å². The summed E-state index contributed by atoms with van der Waals surface area (Å²) in [5.41, 5.74) is 0. The number of carbonyl (C=O) groups is 1. The monoisotopic (exact) mass is 202 g/mol. The van der Waals surface area contributed by atoms with Crippen LogP contribution in [0.15, 0.2) is 0 Å². The smallest absolute Gasteiger partial charge is 0.334 e. The Bertz CT molecular complexity index is 155. The molecule has 0 aliphatic rings. The normalized spacial score (nSPS) is 14.9. The molecule has 2 atom stereocenters. The van der Waals surface area contributed by atoms with Gasteiger partial charge in [-0.3, -0.25) is 0 Å². The molecule has 3 heteroatoms. The first kappa shape index (κ1) is 13.4. The zero-order valence-corrected chi connectivity index (χ0v) is 9.45. The van der Waals surface area contributed by atoms with E-state index in [1.54, 1.807) is 0 Å². The molecule has 3 nitrogen and oxygen atoms in total. The summed E-state index contributed by atoms with van der Waals surface area (Å²) in [5.74, 6) is -0.0717. The highest BCUT2D eigenvalue weighted by Crippen LogP contribution is 2.12. The van der Waals surface area contributed by atoms with Crippen molar-refractivity contribution in [2.75, 3.05) is 6.61 Å². The van der Waals surface area contributed by atoms with Crippen LogP contribution in [0.2, 0.25) is 0 Å². The Hall–Kier alpha value is -0.570. The summed E-state index contributed by atoms with van der Waals surface area (Å²) in [4.78, 5) is 11.0. The molecule has 0 fully saturated rings. The molecule has 0 saturated carbocycles. The zero-order valence-electron chi connectivity index (χ0n) is 9.45. The number of rotatable bonds is 7. The lowest BCUT2D eigenvalue weighted by Gasteiger charge is -2.15. The molecule has 14 heavy (non-hydrogen) atoms. The topological polar surface area (TPSA) is 46.5 Å². The van der Waals surface area contributed by atoms with E-state index >= 15 is 0 Å². The van der Waals surface area contributed by atoms with Gasteiger partial charge in [0.05, 0.1) is 6.61 Å². The predicted molar refractivity (Wildman–Crippen MR) is 55.9 cm³/mol. The Labute approximate surface area is 86.5 Å². The molecule has 0 aliphatic carbocycles. The summed E-state index contributed by atoms with van der Waals surface area (Å²) in [6.07, 6.45) is 3.46. The van der Waals surface area contributed by atoms with Gasteiger partial charge in [-0.1, -0.05) is 33.1 Å². The highest BCUT2D eigenvalue weighted by atomic mass is 16.5. The van der Waals surface area contributed by atoms with Crippen LogP contribution in [0, 0.1) is 5.92 Å². The molecular formula is C11H22O3. The van der Waals surface area contributed by atoms with Crippen LogP contribution in [0.5, 0.6) is 0 Å². The summed E-state index contributed by atoms with van der Waals surface area (Å²) in [5, 5.41) is 8.91. The minimum absolute atomic E-state index is 0.442. The van der Waals surface area contributed by atoms with E-state index in [0.717, 1.165) is 12.8 Å². The van der Waals surface area contributed by atoms with Crippen LogP contribution in [0.4, 0.5) is 0 Å². The lowest BCUT2D eigenvalue weighted by atomic mass is 10.0. The summed E-state index contributed by atoms with van der Waals surface area (Å²) in [7, 11) is 0. The number of aliphatic hydroxyl groups excluding tert-OH is 1. The van der Waals surface area contributed by atoms with Crippen LogP contribution < -0.4 is 0 Å². The SMILES string of the molecule is CCCC[C@@H](CC)COC(=O)[C@H](C)O. The molecule has 0 radical (unpaired) electrons. The number of esters is 1. The number of unbranched alkanes of at least 4 members (excludes halogenated alkanes) is 1. The molecule has 0 saturated heterocycles. The van der Waals surface area contributed by atoms with Gasteiger partial charge in [-0.25, -0.2) is 4.79 Å². The first-order valence-electron chi connectivity index (χ1n) is 5.46. The van der Waals surface area contributed by atoms with Gasteiger partial charge in [-0.15, -0.1) is 0 Å². The second-order valence-electron chi connectivity index (χ2n) is 3.72. The second kappa shape index (κ2) is 7.80. The Balaban J connectivity index is 3.66. The predicted octanol–water partition coefficient (Wildman–Crippen LogP) is 2.13. The first-order valence-corrected chi connectivity index (χ1v) is 5.46. The molecular weight excluding hydrogens is 180 g/mol. The fourth-order valence-electron chi connectivity index (χ4n) is 1.22. The summed E-state index contributed by atoms with van der Waals surface area (Å²) in [6.45, 7) is 6.11. The van der Waals surface area contributed by atoms with Gasteiger partial charge in [0, 0.05) is 0 Å². The third-order valence-corrected chi connectivity index (χ3v) is 2.35. The highest BCUT2D eigenvalue weighted by molar-refractivity contribution is 5.73. The summed E-state index contributed by atoms with van der Waals surface area (Å²) >= 11 is 0. The van der Waals surface area contributed by atoms with Crippen LogP contribution in [0.1, 0.15) is 46.5 Å². The van der Waals surface area contributed by atoms with Crippen molar-refractivity contribution in [2.45, 2.75) is 52.6 Å². The fourth-order valence-corrected chi connectivity index (χ4v) is 1.22. The first-order chi connectivity index (χ1) is 6.61. The van der Waals surface area contributed by atoms with Crippen LogP contribution in [0.3, 0.4) is 0 Å².